The number of methoxy groups -OCH3 is 1. The summed E-state index contributed by atoms with van der Waals surface area (Å²) in [5, 5.41) is 0. The fraction of sp³-hybridized carbons (Fsp3) is 0.346. The third-order valence-electron chi connectivity index (χ3n) is 5.50. The Morgan fingerprint density at radius 2 is 1.26 bits per heavy atom. The van der Waals surface area contributed by atoms with Gasteiger partial charge in [0.05, 0.1) is 25.0 Å². The molecule has 2 aromatic carbocycles. The van der Waals surface area contributed by atoms with Crippen molar-refractivity contribution in [2.75, 3.05) is 20.3 Å². The van der Waals surface area contributed by atoms with Crippen LogP contribution in [0.4, 0.5) is 0 Å². The summed E-state index contributed by atoms with van der Waals surface area (Å²) < 4.78 is 19.8. The van der Waals surface area contributed by atoms with Gasteiger partial charge in [0, 0.05) is 11.8 Å². The number of hydrogen-bond acceptors (Lipinski definition) is 4. The van der Waals surface area contributed by atoms with Gasteiger partial charge in [-0.2, -0.15) is 0 Å². The number of carbonyl (C=O) groups is 1. The molecule has 34 heavy (non-hydrogen) atoms. The van der Waals surface area contributed by atoms with Crippen LogP contribution in [-0.4, -0.2) is 26.3 Å². The smallest absolute Gasteiger partial charge is 0.305 e. The minimum Gasteiger partial charge on any atom is -0.487 e. The van der Waals surface area contributed by atoms with Crippen molar-refractivity contribution >= 4 is 69.7 Å². The molecule has 0 amide bonds. The fourth-order valence-electron chi connectivity index (χ4n) is 3.62. The number of esters is 1. The topological polar surface area (TPSA) is 44.8 Å². The highest BCUT2D eigenvalue weighted by Gasteiger charge is 2.31. The molecule has 0 aliphatic carbocycles. The normalized spacial score (nSPS) is 11.1. The second-order valence-corrected chi connectivity index (χ2v) is 11.3. The van der Waals surface area contributed by atoms with Gasteiger partial charge in [0.1, 0.15) is 24.7 Å². The molecule has 0 atom stereocenters. The van der Waals surface area contributed by atoms with Crippen LogP contribution in [0.15, 0.2) is 67.5 Å². The van der Waals surface area contributed by atoms with Gasteiger partial charge in [0.25, 0.3) is 0 Å². The van der Waals surface area contributed by atoms with Gasteiger partial charge in [-0.1, -0.05) is 38.7 Å². The molecule has 184 valence electrons. The van der Waals surface area contributed by atoms with Crippen LogP contribution in [0, 0.1) is 0 Å². The molecule has 0 unspecified atom stereocenters. The van der Waals surface area contributed by atoms with E-state index < -0.39 is 0 Å². The van der Waals surface area contributed by atoms with Crippen molar-refractivity contribution < 1.29 is 19.0 Å². The van der Waals surface area contributed by atoms with Gasteiger partial charge in [0.2, 0.25) is 0 Å². The number of ether oxygens (including phenoxy) is 3. The molecular formula is C26H28Br4O4. The van der Waals surface area contributed by atoms with Crippen molar-refractivity contribution in [3.8, 4) is 11.5 Å². The summed E-state index contributed by atoms with van der Waals surface area (Å²) in [4.78, 5) is 11.6. The van der Waals surface area contributed by atoms with E-state index in [1.165, 1.54) is 7.11 Å². The van der Waals surface area contributed by atoms with Gasteiger partial charge >= 0.3 is 5.97 Å². The molecule has 0 heterocycles. The maximum absolute atomic E-state index is 11.6. The standard InChI is InChI=1S/C26H28Br4O4/c1-5-11-33-24-19(27)13-17(14-20(24)28)26(3,10-8-7-9-23(31)32-4)18-15-21(29)25(22(30)16-18)34-12-6-2/h5-6,13-16H,1-2,7-12H2,3-4H3. The first kappa shape index (κ1) is 29.1. The summed E-state index contributed by atoms with van der Waals surface area (Å²) >= 11 is 14.7. The lowest BCUT2D eigenvalue weighted by Gasteiger charge is -2.33. The average molecular weight is 724 g/mol. The van der Waals surface area contributed by atoms with Gasteiger partial charge in [0.15, 0.2) is 0 Å². The van der Waals surface area contributed by atoms with Crippen LogP contribution in [0.2, 0.25) is 0 Å². The number of hydrogen-bond donors (Lipinski definition) is 0. The number of benzene rings is 2. The second kappa shape index (κ2) is 13.9. The Balaban J connectivity index is 2.52. The SMILES string of the molecule is C=CCOc1c(Br)cc(C(C)(CCCCC(=O)OC)c2cc(Br)c(OCC=C)c(Br)c2)cc1Br. The predicted octanol–water partition coefficient (Wildman–Crippen LogP) is 8.91. The van der Waals surface area contributed by atoms with Gasteiger partial charge in [-0.15, -0.1) is 0 Å². The molecule has 0 saturated heterocycles. The molecule has 0 aliphatic heterocycles. The summed E-state index contributed by atoms with van der Waals surface area (Å²) in [6.45, 7) is 10.5. The zero-order chi connectivity index (χ0) is 25.3. The first-order valence-corrected chi connectivity index (χ1v) is 13.9. The first-order chi connectivity index (χ1) is 16.2. The molecule has 0 saturated carbocycles. The summed E-state index contributed by atoms with van der Waals surface area (Å²) in [5.74, 6) is 1.27. The summed E-state index contributed by atoms with van der Waals surface area (Å²) in [6, 6.07) is 8.36. The lowest BCUT2D eigenvalue weighted by molar-refractivity contribution is -0.140. The third-order valence-corrected chi connectivity index (χ3v) is 7.85. The molecule has 0 aromatic heterocycles. The van der Waals surface area contributed by atoms with Gasteiger partial charge in [-0.3, -0.25) is 4.79 Å². The zero-order valence-electron chi connectivity index (χ0n) is 19.3. The van der Waals surface area contributed by atoms with Crippen LogP contribution >= 0.6 is 63.7 Å². The van der Waals surface area contributed by atoms with Gasteiger partial charge in [-0.25, -0.2) is 0 Å². The Morgan fingerprint density at radius 1 is 0.853 bits per heavy atom. The quantitative estimate of drug-likeness (QED) is 0.118. The monoisotopic (exact) mass is 720 g/mol. The van der Waals surface area contributed by atoms with Crippen molar-refractivity contribution in [1.29, 1.82) is 0 Å². The molecule has 0 N–H and O–H groups in total. The van der Waals surface area contributed by atoms with Crippen LogP contribution in [0.1, 0.15) is 43.7 Å². The van der Waals surface area contributed by atoms with Crippen molar-refractivity contribution in [2.24, 2.45) is 0 Å². The van der Waals surface area contributed by atoms with E-state index in [0.29, 0.717) is 19.6 Å². The molecule has 0 bridgehead atoms. The van der Waals surface area contributed by atoms with Crippen molar-refractivity contribution in [3.05, 3.63) is 78.6 Å². The highest BCUT2D eigenvalue weighted by molar-refractivity contribution is 9.11. The van der Waals surface area contributed by atoms with Crippen molar-refractivity contribution in [2.45, 2.75) is 38.0 Å². The Hall–Kier alpha value is -1.09. The molecule has 0 spiro atoms. The molecule has 2 aromatic rings. The third kappa shape index (κ3) is 7.45. The lowest BCUT2D eigenvalue weighted by atomic mass is 9.72. The van der Waals surface area contributed by atoms with E-state index in [1.807, 2.05) is 0 Å². The molecule has 0 fully saturated rings. The summed E-state index contributed by atoms with van der Waals surface area (Å²) in [6.07, 6.45) is 6.23. The molecule has 8 heteroatoms. The van der Waals surface area contributed by atoms with E-state index in [2.05, 4.69) is 108 Å². The van der Waals surface area contributed by atoms with Gasteiger partial charge in [-0.05, 0) is 112 Å². The Bertz CT molecular complexity index is 922. The zero-order valence-corrected chi connectivity index (χ0v) is 25.6. The predicted molar refractivity (Wildman–Crippen MR) is 152 cm³/mol. The molecular weight excluding hydrogens is 696 g/mol. The van der Waals surface area contributed by atoms with Gasteiger partial charge < -0.3 is 14.2 Å². The first-order valence-electron chi connectivity index (χ1n) is 10.7. The molecule has 0 aliphatic rings. The second-order valence-electron chi connectivity index (χ2n) is 7.85. The van der Waals surface area contributed by atoms with E-state index in [1.54, 1.807) is 12.2 Å². The van der Waals surface area contributed by atoms with E-state index in [9.17, 15) is 4.79 Å². The lowest BCUT2D eigenvalue weighted by Crippen LogP contribution is -2.24. The average Bonchev–Trinajstić information content (AvgIpc) is 2.80. The Labute approximate surface area is 235 Å². The van der Waals surface area contributed by atoms with Crippen LogP contribution in [0.3, 0.4) is 0 Å². The van der Waals surface area contributed by atoms with E-state index in [4.69, 9.17) is 14.2 Å². The summed E-state index contributed by atoms with van der Waals surface area (Å²) in [5.41, 5.74) is 1.85. The van der Waals surface area contributed by atoms with Crippen LogP contribution in [-0.2, 0) is 14.9 Å². The Morgan fingerprint density at radius 3 is 1.62 bits per heavy atom. The minimum absolute atomic E-state index is 0.190. The number of rotatable bonds is 13. The highest BCUT2D eigenvalue weighted by Crippen LogP contribution is 2.46. The number of carbonyl (C=O) groups excluding carboxylic acids is 1. The largest absolute Gasteiger partial charge is 0.487 e. The number of halogens is 4. The maximum Gasteiger partial charge on any atom is 0.305 e. The Kier molecular flexibility index (Phi) is 11.9. The van der Waals surface area contributed by atoms with Crippen LogP contribution < -0.4 is 9.47 Å². The molecule has 4 nitrogen and oxygen atoms in total. The van der Waals surface area contributed by atoms with E-state index in [-0.39, 0.29) is 11.4 Å². The minimum atomic E-state index is -0.361. The molecule has 2 rings (SSSR count). The highest BCUT2D eigenvalue weighted by atomic mass is 79.9. The summed E-state index contributed by atoms with van der Waals surface area (Å²) in [7, 11) is 1.42. The van der Waals surface area contributed by atoms with Crippen LogP contribution in [0.5, 0.6) is 11.5 Å². The van der Waals surface area contributed by atoms with E-state index in [0.717, 1.165) is 59.8 Å². The number of unbranched alkanes of at least 4 members (excludes halogenated alkanes) is 1. The van der Waals surface area contributed by atoms with Crippen molar-refractivity contribution in [1.82, 2.24) is 0 Å². The van der Waals surface area contributed by atoms with E-state index >= 15 is 0 Å². The van der Waals surface area contributed by atoms with Crippen molar-refractivity contribution in [3.63, 3.8) is 0 Å². The maximum atomic E-state index is 11.6. The fourth-order valence-corrected chi connectivity index (χ4v) is 6.45. The van der Waals surface area contributed by atoms with Crippen LogP contribution in [0.25, 0.3) is 0 Å². The molecule has 0 radical (unpaired) electrons.